The van der Waals surface area contributed by atoms with E-state index in [1.54, 1.807) is 6.08 Å². The summed E-state index contributed by atoms with van der Waals surface area (Å²) in [5.74, 6) is 0. The van der Waals surface area contributed by atoms with Gasteiger partial charge in [-0.3, -0.25) is 10.1 Å². The molecule has 0 saturated carbocycles. The van der Waals surface area contributed by atoms with Crippen LogP contribution in [0.2, 0.25) is 0 Å². The van der Waals surface area contributed by atoms with Crippen molar-refractivity contribution in [3.8, 4) is 0 Å². The van der Waals surface area contributed by atoms with Gasteiger partial charge in [0.2, 0.25) is 6.20 Å². The molecular weight excluding hydrogens is 284 g/mol. The molecule has 0 aliphatic carbocycles. The monoisotopic (exact) mass is 294 g/mol. The van der Waals surface area contributed by atoms with Gasteiger partial charge in [-0.2, -0.15) is 0 Å². The van der Waals surface area contributed by atoms with Crippen LogP contribution in [-0.4, -0.2) is 11.5 Å². The highest BCUT2D eigenvalue weighted by atomic mass is 79.9. The zero-order chi connectivity index (χ0) is 12.3. The molecule has 88 valence electrons. The van der Waals surface area contributed by atoms with Gasteiger partial charge in [0.1, 0.15) is 0 Å². The summed E-state index contributed by atoms with van der Waals surface area (Å²) in [4.78, 5) is 11.7. The molecule has 17 heavy (non-hydrogen) atoms. The van der Waals surface area contributed by atoms with Gasteiger partial charge in [-0.25, -0.2) is 0 Å². The summed E-state index contributed by atoms with van der Waals surface area (Å²) in [5.41, 5.74) is 2.44. The molecule has 2 rings (SSSR count). The lowest BCUT2D eigenvalue weighted by atomic mass is 10.2. The van der Waals surface area contributed by atoms with Gasteiger partial charge in [0.15, 0.2) is 0 Å². The first-order chi connectivity index (χ1) is 8.18. The van der Waals surface area contributed by atoms with Crippen LogP contribution in [-0.2, 0) is 6.42 Å². The minimum atomic E-state index is -0.473. The van der Waals surface area contributed by atoms with Gasteiger partial charge in [0.05, 0.1) is 4.92 Å². The maximum atomic E-state index is 10.1. The van der Waals surface area contributed by atoms with Crippen molar-refractivity contribution in [2.75, 3.05) is 11.4 Å². The average molecular weight is 295 g/mol. The van der Waals surface area contributed by atoms with Crippen LogP contribution in [0.4, 0.5) is 5.69 Å². The molecule has 1 heterocycles. The third-order valence-corrected chi connectivity index (χ3v) is 3.33. The van der Waals surface area contributed by atoms with Crippen LogP contribution in [0.5, 0.6) is 0 Å². The van der Waals surface area contributed by atoms with Crippen molar-refractivity contribution < 1.29 is 4.92 Å². The van der Waals surface area contributed by atoms with Crippen LogP contribution in [0.25, 0.3) is 0 Å². The summed E-state index contributed by atoms with van der Waals surface area (Å²) in [6, 6.07) is 6.06. The molecule has 0 aromatic heterocycles. The minimum Gasteiger partial charge on any atom is -0.347 e. The van der Waals surface area contributed by atoms with E-state index in [-0.39, 0.29) is 0 Å². The van der Waals surface area contributed by atoms with Crippen molar-refractivity contribution in [3.63, 3.8) is 0 Å². The zero-order valence-electron chi connectivity index (χ0n) is 9.04. The first-order valence-electron chi connectivity index (χ1n) is 5.21. The molecule has 0 atom stereocenters. The normalized spacial score (nSPS) is 14.8. The van der Waals surface area contributed by atoms with Crippen molar-refractivity contribution in [3.05, 3.63) is 62.9 Å². The van der Waals surface area contributed by atoms with E-state index in [0.717, 1.165) is 29.3 Å². The summed E-state index contributed by atoms with van der Waals surface area (Å²) in [6.45, 7) is 0.904. The van der Waals surface area contributed by atoms with Crippen molar-refractivity contribution in [2.24, 2.45) is 0 Å². The fourth-order valence-electron chi connectivity index (χ4n) is 1.84. The number of anilines is 1. The van der Waals surface area contributed by atoms with E-state index in [2.05, 4.69) is 26.9 Å². The zero-order valence-corrected chi connectivity index (χ0v) is 10.6. The number of hydrogen-bond acceptors (Lipinski definition) is 3. The Kier molecular flexibility index (Phi) is 3.58. The van der Waals surface area contributed by atoms with E-state index in [1.807, 2.05) is 18.3 Å². The Hall–Kier alpha value is -1.62. The topological polar surface area (TPSA) is 46.4 Å². The lowest BCUT2D eigenvalue weighted by molar-refractivity contribution is -0.402. The van der Waals surface area contributed by atoms with Crippen molar-refractivity contribution in [1.29, 1.82) is 0 Å². The van der Waals surface area contributed by atoms with Crippen molar-refractivity contribution in [2.45, 2.75) is 6.42 Å². The Labute approximate surface area is 108 Å². The predicted octanol–water partition coefficient (Wildman–Crippen LogP) is 3.12. The van der Waals surface area contributed by atoms with Crippen molar-refractivity contribution >= 4 is 21.6 Å². The van der Waals surface area contributed by atoms with E-state index >= 15 is 0 Å². The van der Waals surface area contributed by atoms with Crippen LogP contribution in [0.1, 0.15) is 5.56 Å². The fourth-order valence-corrected chi connectivity index (χ4v) is 2.40. The van der Waals surface area contributed by atoms with Crippen LogP contribution < -0.4 is 4.90 Å². The van der Waals surface area contributed by atoms with Crippen LogP contribution in [0.15, 0.2) is 47.2 Å². The Morgan fingerprint density at radius 2 is 2.24 bits per heavy atom. The molecule has 0 saturated heterocycles. The minimum absolute atomic E-state index is 0.473. The van der Waals surface area contributed by atoms with Gasteiger partial charge in [-0.15, -0.1) is 0 Å². The highest BCUT2D eigenvalue weighted by molar-refractivity contribution is 9.10. The fraction of sp³-hybridized carbons (Fsp3) is 0.167. The first kappa shape index (κ1) is 11.9. The van der Waals surface area contributed by atoms with E-state index in [1.165, 1.54) is 11.6 Å². The Bertz CT molecular complexity index is 497. The van der Waals surface area contributed by atoms with Gasteiger partial charge in [-0.1, -0.05) is 22.0 Å². The molecule has 0 fully saturated rings. The largest absolute Gasteiger partial charge is 0.347 e. The number of allylic oxidation sites excluding steroid dienone is 2. The molecule has 0 unspecified atom stereocenters. The van der Waals surface area contributed by atoms with Crippen LogP contribution in [0.3, 0.4) is 0 Å². The summed E-state index contributed by atoms with van der Waals surface area (Å²) < 4.78 is 1.12. The lowest BCUT2D eigenvalue weighted by Gasteiger charge is -2.13. The molecule has 1 aromatic carbocycles. The van der Waals surface area contributed by atoms with Crippen LogP contribution >= 0.6 is 15.9 Å². The summed E-state index contributed by atoms with van der Waals surface area (Å²) in [7, 11) is 0. The average Bonchev–Trinajstić information content (AvgIpc) is 2.69. The predicted molar refractivity (Wildman–Crippen MR) is 70.5 cm³/mol. The molecule has 4 nitrogen and oxygen atoms in total. The summed E-state index contributed by atoms with van der Waals surface area (Å²) >= 11 is 3.52. The first-order valence-corrected chi connectivity index (χ1v) is 6.00. The Morgan fingerprint density at radius 1 is 1.41 bits per heavy atom. The molecule has 0 radical (unpaired) electrons. The number of rotatable bonds is 3. The number of hydrogen-bond donors (Lipinski definition) is 0. The Balaban J connectivity index is 2.12. The van der Waals surface area contributed by atoms with E-state index in [9.17, 15) is 10.1 Å². The van der Waals surface area contributed by atoms with Gasteiger partial charge < -0.3 is 4.90 Å². The van der Waals surface area contributed by atoms with Crippen molar-refractivity contribution in [1.82, 2.24) is 0 Å². The van der Waals surface area contributed by atoms with Gasteiger partial charge in [0.25, 0.3) is 0 Å². The molecule has 5 heteroatoms. The highest BCUT2D eigenvalue weighted by Crippen LogP contribution is 2.33. The second-order valence-corrected chi connectivity index (χ2v) is 4.50. The third-order valence-electron chi connectivity index (χ3n) is 2.59. The number of nitrogens with zero attached hydrogens (tertiary/aromatic N) is 2. The van der Waals surface area contributed by atoms with Gasteiger partial charge in [-0.05, 0) is 30.2 Å². The molecule has 0 N–H and O–H groups in total. The van der Waals surface area contributed by atoms with Gasteiger partial charge >= 0.3 is 0 Å². The maximum absolute atomic E-state index is 10.1. The molecule has 0 amide bonds. The number of benzene rings is 1. The second kappa shape index (κ2) is 5.14. The molecular formula is C12H11BrN2O2. The quantitative estimate of drug-likeness (QED) is 0.489. The smallest absolute Gasteiger partial charge is 0.234 e. The standard InChI is InChI=1S/C12H11BrN2O2/c13-11-4-3-5-12-10(11)6-9-14(12)7-1-2-8-15(16)17/h1-5,7-8H,6,9H2/b7-1+,8-2+. The van der Waals surface area contributed by atoms with Gasteiger partial charge in [0, 0.05) is 29.0 Å². The number of halogens is 1. The molecule has 0 spiro atoms. The third kappa shape index (κ3) is 2.74. The number of fused-ring (bicyclic) bond motifs is 1. The van der Waals surface area contributed by atoms with Crippen LogP contribution in [0, 0.1) is 10.1 Å². The molecule has 1 aliphatic rings. The molecule has 0 bridgehead atoms. The van der Waals surface area contributed by atoms with E-state index < -0.39 is 4.92 Å². The lowest BCUT2D eigenvalue weighted by Crippen LogP contribution is -2.11. The summed E-state index contributed by atoms with van der Waals surface area (Å²) in [6.07, 6.45) is 6.88. The molecule has 1 aliphatic heterocycles. The summed E-state index contributed by atoms with van der Waals surface area (Å²) in [5, 5.41) is 10.1. The maximum Gasteiger partial charge on any atom is 0.234 e. The highest BCUT2D eigenvalue weighted by Gasteiger charge is 2.18. The van der Waals surface area contributed by atoms with E-state index in [0.29, 0.717) is 0 Å². The molecule has 1 aromatic rings. The van der Waals surface area contributed by atoms with E-state index in [4.69, 9.17) is 0 Å². The number of nitro groups is 1. The second-order valence-electron chi connectivity index (χ2n) is 3.65. The Morgan fingerprint density at radius 3 is 3.00 bits per heavy atom. The SMILES string of the molecule is O=[N+]([O-])/C=C/C=C/N1CCc2c(Br)cccc21.